The van der Waals surface area contributed by atoms with Crippen molar-refractivity contribution in [1.82, 2.24) is 9.21 Å². The molecule has 27 heavy (non-hydrogen) atoms. The monoisotopic (exact) mass is 406 g/mol. The lowest BCUT2D eigenvalue weighted by Gasteiger charge is -2.34. The Morgan fingerprint density at radius 2 is 1.44 bits per heavy atom. The number of rotatable bonds is 4. The van der Waals surface area contributed by atoms with Crippen LogP contribution in [0.25, 0.3) is 0 Å². The van der Waals surface area contributed by atoms with Gasteiger partial charge in [0, 0.05) is 37.7 Å². The summed E-state index contributed by atoms with van der Waals surface area (Å²) in [7, 11) is -3.45. The van der Waals surface area contributed by atoms with E-state index in [-0.39, 0.29) is 5.41 Å². The zero-order valence-electron chi connectivity index (χ0n) is 16.2. The molecular formula is C21H27ClN2O2S. The van der Waals surface area contributed by atoms with Crippen LogP contribution in [0.5, 0.6) is 0 Å². The van der Waals surface area contributed by atoms with Crippen LogP contribution < -0.4 is 0 Å². The molecule has 2 aromatic carbocycles. The highest BCUT2D eigenvalue weighted by Crippen LogP contribution is 2.23. The normalized spacial score (nSPS) is 17.2. The van der Waals surface area contributed by atoms with Gasteiger partial charge in [0.15, 0.2) is 0 Å². The lowest BCUT2D eigenvalue weighted by molar-refractivity contribution is 0.181. The fourth-order valence-corrected chi connectivity index (χ4v) is 4.80. The van der Waals surface area contributed by atoms with Gasteiger partial charge in [-0.25, -0.2) is 8.42 Å². The van der Waals surface area contributed by atoms with E-state index in [1.54, 1.807) is 28.6 Å². The number of nitrogens with zero attached hydrogens (tertiary/aromatic N) is 2. The molecule has 0 spiro atoms. The second-order valence-electron chi connectivity index (χ2n) is 8.08. The fraction of sp³-hybridized carbons (Fsp3) is 0.429. The number of hydrogen-bond donors (Lipinski definition) is 0. The standard InChI is InChI=1S/C21H27ClN2O2S/c1-21(2,3)18-6-4-17(5-7-18)16-23-12-14-24(15-13-23)27(25,26)20-10-8-19(22)9-11-20/h4-11H,12-16H2,1-3H3. The zero-order chi connectivity index (χ0) is 19.7. The van der Waals surface area contributed by atoms with E-state index in [0.29, 0.717) is 23.0 Å². The third-order valence-electron chi connectivity index (χ3n) is 5.01. The summed E-state index contributed by atoms with van der Waals surface area (Å²) in [5.41, 5.74) is 2.74. The summed E-state index contributed by atoms with van der Waals surface area (Å²) in [6, 6.07) is 15.1. The topological polar surface area (TPSA) is 40.6 Å². The summed E-state index contributed by atoms with van der Waals surface area (Å²) in [4.78, 5) is 2.61. The molecule has 0 unspecified atom stereocenters. The molecule has 0 saturated carbocycles. The van der Waals surface area contributed by atoms with Crippen LogP contribution in [0, 0.1) is 0 Å². The van der Waals surface area contributed by atoms with E-state index in [2.05, 4.69) is 49.9 Å². The van der Waals surface area contributed by atoms with E-state index in [4.69, 9.17) is 11.6 Å². The number of sulfonamides is 1. The van der Waals surface area contributed by atoms with Gasteiger partial charge >= 0.3 is 0 Å². The van der Waals surface area contributed by atoms with Crippen LogP contribution in [0.1, 0.15) is 31.9 Å². The van der Waals surface area contributed by atoms with Crippen molar-refractivity contribution in [2.75, 3.05) is 26.2 Å². The fourth-order valence-electron chi connectivity index (χ4n) is 3.25. The van der Waals surface area contributed by atoms with E-state index in [1.807, 2.05) is 0 Å². The SMILES string of the molecule is CC(C)(C)c1ccc(CN2CCN(S(=O)(=O)c3ccc(Cl)cc3)CC2)cc1. The Bertz CT molecular complexity index is 864. The first kappa shape index (κ1) is 20.3. The molecule has 0 radical (unpaired) electrons. The van der Waals surface area contributed by atoms with Crippen molar-refractivity contribution in [3.05, 3.63) is 64.7 Å². The van der Waals surface area contributed by atoms with Crippen molar-refractivity contribution in [2.45, 2.75) is 37.6 Å². The molecule has 1 saturated heterocycles. The molecule has 2 aromatic rings. The first-order valence-corrected chi connectivity index (χ1v) is 11.1. The van der Waals surface area contributed by atoms with Gasteiger partial charge in [-0.3, -0.25) is 4.90 Å². The molecule has 0 atom stereocenters. The molecule has 3 rings (SSSR count). The van der Waals surface area contributed by atoms with Crippen LogP contribution >= 0.6 is 11.6 Å². The van der Waals surface area contributed by atoms with E-state index < -0.39 is 10.0 Å². The number of halogens is 1. The minimum absolute atomic E-state index is 0.153. The molecule has 1 heterocycles. The maximum Gasteiger partial charge on any atom is 0.243 e. The molecule has 0 bridgehead atoms. The van der Waals surface area contributed by atoms with Gasteiger partial charge in [0.1, 0.15) is 0 Å². The second-order valence-corrected chi connectivity index (χ2v) is 10.5. The Balaban J connectivity index is 1.59. The molecule has 1 aliphatic rings. The summed E-state index contributed by atoms with van der Waals surface area (Å²) in [5, 5.41) is 0.538. The highest BCUT2D eigenvalue weighted by atomic mass is 35.5. The highest BCUT2D eigenvalue weighted by Gasteiger charge is 2.28. The van der Waals surface area contributed by atoms with Gasteiger partial charge in [-0.2, -0.15) is 4.31 Å². The summed E-state index contributed by atoms with van der Waals surface area (Å²) in [6.07, 6.45) is 0. The average molecular weight is 407 g/mol. The first-order chi connectivity index (χ1) is 12.7. The Morgan fingerprint density at radius 1 is 0.889 bits per heavy atom. The highest BCUT2D eigenvalue weighted by molar-refractivity contribution is 7.89. The van der Waals surface area contributed by atoms with Crippen molar-refractivity contribution in [2.24, 2.45) is 0 Å². The maximum absolute atomic E-state index is 12.8. The molecule has 4 nitrogen and oxygen atoms in total. The van der Waals surface area contributed by atoms with Gasteiger partial charge in [0.25, 0.3) is 0 Å². The Morgan fingerprint density at radius 3 is 1.96 bits per heavy atom. The number of hydrogen-bond acceptors (Lipinski definition) is 3. The van der Waals surface area contributed by atoms with Crippen LogP contribution in [0.4, 0.5) is 0 Å². The van der Waals surface area contributed by atoms with Crippen molar-refractivity contribution in [1.29, 1.82) is 0 Å². The van der Waals surface area contributed by atoms with Gasteiger partial charge in [-0.05, 0) is 40.8 Å². The van der Waals surface area contributed by atoms with Crippen LogP contribution in [0.3, 0.4) is 0 Å². The van der Waals surface area contributed by atoms with Crippen LogP contribution in [-0.2, 0) is 22.0 Å². The molecule has 0 aliphatic carbocycles. The van der Waals surface area contributed by atoms with Gasteiger partial charge in [-0.15, -0.1) is 0 Å². The van der Waals surface area contributed by atoms with Crippen LogP contribution in [0.15, 0.2) is 53.4 Å². The molecule has 1 aliphatic heterocycles. The summed E-state index contributed by atoms with van der Waals surface area (Å²) in [5.74, 6) is 0. The first-order valence-electron chi connectivity index (χ1n) is 9.24. The maximum atomic E-state index is 12.8. The van der Waals surface area contributed by atoms with Gasteiger partial charge < -0.3 is 0 Å². The van der Waals surface area contributed by atoms with Gasteiger partial charge in [-0.1, -0.05) is 56.6 Å². The Kier molecular flexibility index (Phi) is 5.96. The number of piperazine rings is 1. The lowest BCUT2D eigenvalue weighted by Crippen LogP contribution is -2.48. The zero-order valence-corrected chi connectivity index (χ0v) is 17.7. The van der Waals surface area contributed by atoms with Crippen LogP contribution in [0.2, 0.25) is 5.02 Å². The molecule has 1 fully saturated rings. The van der Waals surface area contributed by atoms with Crippen molar-refractivity contribution < 1.29 is 8.42 Å². The Labute approximate surface area is 167 Å². The summed E-state index contributed by atoms with van der Waals surface area (Å²) < 4.78 is 27.1. The molecule has 0 aromatic heterocycles. The summed E-state index contributed by atoms with van der Waals surface area (Å²) >= 11 is 5.86. The van der Waals surface area contributed by atoms with E-state index >= 15 is 0 Å². The van der Waals surface area contributed by atoms with Gasteiger partial charge in [0.2, 0.25) is 10.0 Å². The molecule has 0 N–H and O–H groups in total. The minimum atomic E-state index is -3.45. The van der Waals surface area contributed by atoms with E-state index in [9.17, 15) is 8.42 Å². The molecule has 146 valence electrons. The molecule has 6 heteroatoms. The molecule has 0 amide bonds. The van der Waals surface area contributed by atoms with Gasteiger partial charge in [0.05, 0.1) is 4.90 Å². The van der Waals surface area contributed by atoms with E-state index in [0.717, 1.165) is 19.6 Å². The van der Waals surface area contributed by atoms with Crippen LogP contribution in [-0.4, -0.2) is 43.8 Å². The smallest absolute Gasteiger partial charge is 0.243 e. The molecular weight excluding hydrogens is 380 g/mol. The minimum Gasteiger partial charge on any atom is -0.296 e. The quantitative estimate of drug-likeness (QED) is 0.765. The Hall–Kier alpha value is -1.40. The summed E-state index contributed by atoms with van der Waals surface area (Å²) in [6.45, 7) is 9.95. The lowest BCUT2D eigenvalue weighted by atomic mass is 9.87. The van der Waals surface area contributed by atoms with Crippen molar-refractivity contribution in [3.8, 4) is 0 Å². The average Bonchev–Trinajstić information content (AvgIpc) is 2.62. The third-order valence-corrected chi connectivity index (χ3v) is 7.17. The van der Waals surface area contributed by atoms with Crippen molar-refractivity contribution in [3.63, 3.8) is 0 Å². The number of benzene rings is 2. The van der Waals surface area contributed by atoms with E-state index in [1.165, 1.54) is 11.1 Å². The third kappa shape index (κ3) is 4.91. The second kappa shape index (κ2) is 7.92. The van der Waals surface area contributed by atoms with Crippen molar-refractivity contribution >= 4 is 21.6 Å². The predicted octanol–water partition coefficient (Wildman–Crippen LogP) is 4.14. The largest absolute Gasteiger partial charge is 0.296 e. The predicted molar refractivity (Wildman–Crippen MR) is 111 cm³/mol.